The summed E-state index contributed by atoms with van der Waals surface area (Å²) >= 11 is 0. The molecule has 3 rings (SSSR count). The molecule has 0 spiro atoms. The second-order valence-electron chi connectivity index (χ2n) is 6.33. The maximum absolute atomic E-state index is 13.1. The summed E-state index contributed by atoms with van der Waals surface area (Å²) in [5.41, 5.74) is 1.45. The quantitative estimate of drug-likeness (QED) is 0.590. The van der Waals surface area contributed by atoms with E-state index in [1.165, 1.54) is 31.3 Å². The lowest BCUT2D eigenvalue weighted by Gasteiger charge is -2.20. The van der Waals surface area contributed by atoms with E-state index in [2.05, 4.69) is 0 Å². The van der Waals surface area contributed by atoms with Gasteiger partial charge in [-0.15, -0.1) is 0 Å². The first kappa shape index (κ1) is 20.3. The van der Waals surface area contributed by atoms with Gasteiger partial charge < -0.3 is 23.5 Å². The highest BCUT2D eigenvalue weighted by Gasteiger charge is 2.21. The summed E-state index contributed by atoms with van der Waals surface area (Å²) in [6, 6.07) is 12.7. The van der Waals surface area contributed by atoms with E-state index in [0.717, 1.165) is 5.56 Å². The van der Waals surface area contributed by atoms with Crippen molar-refractivity contribution >= 4 is 5.91 Å². The van der Waals surface area contributed by atoms with Crippen LogP contribution in [0.1, 0.15) is 16.1 Å². The molecule has 0 bridgehead atoms. The van der Waals surface area contributed by atoms with Crippen molar-refractivity contribution in [3.8, 4) is 28.6 Å². The van der Waals surface area contributed by atoms with Crippen LogP contribution in [0, 0.1) is 5.82 Å². The van der Waals surface area contributed by atoms with Crippen LogP contribution in [-0.4, -0.2) is 39.2 Å². The van der Waals surface area contributed by atoms with Gasteiger partial charge in [0.25, 0.3) is 5.91 Å². The Morgan fingerprint density at radius 3 is 2.24 bits per heavy atom. The van der Waals surface area contributed by atoms with Gasteiger partial charge in [-0.05, 0) is 48.5 Å². The zero-order chi connectivity index (χ0) is 21.0. The van der Waals surface area contributed by atoms with Gasteiger partial charge in [-0.3, -0.25) is 4.79 Å². The molecule has 0 fully saturated rings. The summed E-state index contributed by atoms with van der Waals surface area (Å²) in [5, 5.41) is 0. The van der Waals surface area contributed by atoms with Crippen molar-refractivity contribution in [2.45, 2.75) is 6.54 Å². The van der Waals surface area contributed by atoms with E-state index in [4.69, 9.17) is 18.6 Å². The van der Waals surface area contributed by atoms with Gasteiger partial charge in [0.05, 0.1) is 21.3 Å². The average Bonchev–Trinajstić information content (AvgIpc) is 3.23. The van der Waals surface area contributed by atoms with Crippen molar-refractivity contribution in [2.75, 3.05) is 28.4 Å². The van der Waals surface area contributed by atoms with Crippen LogP contribution in [0.2, 0.25) is 0 Å². The van der Waals surface area contributed by atoms with E-state index in [0.29, 0.717) is 28.6 Å². The Kier molecular flexibility index (Phi) is 6.07. The third-order valence-corrected chi connectivity index (χ3v) is 4.49. The molecule has 6 nitrogen and oxygen atoms in total. The minimum atomic E-state index is -0.333. The lowest BCUT2D eigenvalue weighted by molar-refractivity contribution is 0.0753. The van der Waals surface area contributed by atoms with Crippen LogP contribution in [0.3, 0.4) is 0 Å². The van der Waals surface area contributed by atoms with Gasteiger partial charge in [-0.25, -0.2) is 4.39 Å². The molecule has 0 atom stereocenters. The van der Waals surface area contributed by atoms with E-state index in [-0.39, 0.29) is 24.0 Å². The number of nitrogens with zero attached hydrogens (tertiary/aromatic N) is 1. The van der Waals surface area contributed by atoms with E-state index in [9.17, 15) is 9.18 Å². The van der Waals surface area contributed by atoms with Crippen molar-refractivity contribution in [3.05, 3.63) is 65.7 Å². The number of carbonyl (C=O) groups excluding carboxylic acids is 1. The molecule has 3 aromatic rings. The minimum absolute atomic E-state index is 0.186. The standard InChI is InChI=1S/C22H22FNO5/c1-24(13-15-7-10-18(26-2)21(28-4)20(15)27-3)22(25)19-12-11-17(29-19)14-5-8-16(23)9-6-14/h5-12H,13H2,1-4H3. The second-order valence-corrected chi connectivity index (χ2v) is 6.33. The molecule has 0 radical (unpaired) electrons. The fraction of sp³-hybridized carbons (Fsp3) is 0.227. The van der Waals surface area contributed by atoms with Gasteiger partial charge >= 0.3 is 0 Å². The molecule has 7 heteroatoms. The highest BCUT2D eigenvalue weighted by molar-refractivity contribution is 5.92. The molecule has 2 aromatic carbocycles. The van der Waals surface area contributed by atoms with Gasteiger partial charge in [0.15, 0.2) is 17.3 Å². The highest BCUT2D eigenvalue weighted by atomic mass is 19.1. The van der Waals surface area contributed by atoms with Crippen molar-refractivity contribution in [3.63, 3.8) is 0 Å². The number of hydrogen-bond acceptors (Lipinski definition) is 5. The summed E-state index contributed by atoms with van der Waals surface area (Å²) in [4.78, 5) is 14.3. The molecular weight excluding hydrogens is 377 g/mol. The molecule has 0 unspecified atom stereocenters. The Morgan fingerprint density at radius 1 is 0.931 bits per heavy atom. The van der Waals surface area contributed by atoms with E-state index in [1.54, 1.807) is 44.5 Å². The fourth-order valence-electron chi connectivity index (χ4n) is 3.03. The number of halogens is 1. The molecule has 29 heavy (non-hydrogen) atoms. The van der Waals surface area contributed by atoms with Crippen LogP contribution in [0.4, 0.5) is 4.39 Å². The predicted octanol–water partition coefficient (Wildman–Crippen LogP) is 4.38. The van der Waals surface area contributed by atoms with E-state index in [1.807, 2.05) is 6.07 Å². The Hall–Kier alpha value is -3.48. The van der Waals surface area contributed by atoms with Gasteiger partial charge in [0.2, 0.25) is 5.75 Å². The normalized spacial score (nSPS) is 10.5. The summed E-state index contributed by atoms with van der Waals surface area (Å²) in [6.07, 6.45) is 0. The molecule has 1 amide bonds. The third kappa shape index (κ3) is 4.18. The number of amides is 1. The summed E-state index contributed by atoms with van der Waals surface area (Å²) in [6.45, 7) is 0.273. The number of hydrogen-bond donors (Lipinski definition) is 0. The molecule has 1 heterocycles. The molecule has 1 aromatic heterocycles. The minimum Gasteiger partial charge on any atom is -0.493 e. The number of methoxy groups -OCH3 is 3. The first-order valence-electron chi connectivity index (χ1n) is 8.87. The smallest absolute Gasteiger partial charge is 0.289 e. The Balaban J connectivity index is 1.80. The maximum atomic E-state index is 13.1. The Morgan fingerprint density at radius 2 is 1.62 bits per heavy atom. The molecule has 0 aliphatic heterocycles. The molecule has 152 valence electrons. The third-order valence-electron chi connectivity index (χ3n) is 4.49. The van der Waals surface area contributed by atoms with E-state index < -0.39 is 0 Å². The second kappa shape index (κ2) is 8.68. The zero-order valence-corrected chi connectivity index (χ0v) is 16.7. The fourth-order valence-corrected chi connectivity index (χ4v) is 3.03. The number of carbonyl (C=O) groups is 1. The molecule has 0 saturated carbocycles. The Bertz CT molecular complexity index is 997. The van der Waals surface area contributed by atoms with Crippen molar-refractivity contribution in [2.24, 2.45) is 0 Å². The maximum Gasteiger partial charge on any atom is 0.289 e. The lowest BCUT2D eigenvalue weighted by Crippen LogP contribution is -2.26. The predicted molar refractivity (Wildman–Crippen MR) is 106 cm³/mol. The van der Waals surface area contributed by atoms with Crippen LogP contribution < -0.4 is 14.2 Å². The van der Waals surface area contributed by atoms with Crippen LogP contribution in [0.25, 0.3) is 11.3 Å². The topological polar surface area (TPSA) is 61.1 Å². The monoisotopic (exact) mass is 399 g/mol. The summed E-state index contributed by atoms with van der Waals surface area (Å²) in [7, 11) is 6.27. The van der Waals surface area contributed by atoms with Gasteiger partial charge in [0.1, 0.15) is 11.6 Å². The number of furan rings is 1. The van der Waals surface area contributed by atoms with Crippen molar-refractivity contribution in [1.29, 1.82) is 0 Å². The molecule has 0 aliphatic carbocycles. The molecule has 0 N–H and O–H groups in total. The van der Waals surface area contributed by atoms with Crippen molar-refractivity contribution < 1.29 is 27.8 Å². The van der Waals surface area contributed by atoms with Gasteiger partial charge in [-0.2, -0.15) is 0 Å². The lowest BCUT2D eigenvalue weighted by atomic mass is 10.1. The van der Waals surface area contributed by atoms with Crippen LogP contribution in [0.15, 0.2) is 52.9 Å². The highest BCUT2D eigenvalue weighted by Crippen LogP contribution is 2.40. The van der Waals surface area contributed by atoms with Crippen LogP contribution in [-0.2, 0) is 6.54 Å². The van der Waals surface area contributed by atoms with Crippen LogP contribution >= 0.6 is 0 Å². The van der Waals surface area contributed by atoms with E-state index >= 15 is 0 Å². The van der Waals surface area contributed by atoms with Gasteiger partial charge in [0, 0.05) is 24.7 Å². The number of benzene rings is 2. The average molecular weight is 399 g/mol. The Labute approximate surface area is 168 Å². The first-order chi connectivity index (χ1) is 14.0. The van der Waals surface area contributed by atoms with Gasteiger partial charge in [-0.1, -0.05) is 0 Å². The van der Waals surface area contributed by atoms with Crippen LogP contribution in [0.5, 0.6) is 17.2 Å². The number of ether oxygens (including phenoxy) is 3. The SMILES string of the molecule is COc1ccc(CN(C)C(=O)c2ccc(-c3ccc(F)cc3)o2)c(OC)c1OC. The summed E-state index contributed by atoms with van der Waals surface area (Å²) < 4.78 is 34.9. The largest absolute Gasteiger partial charge is 0.493 e. The molecular formula is C22H22FNO5. The zero-order valence-electron chi connectivity index (χ0n) is 16.7. The molecule has 0 saturated heterocycles. The molecule has 0 aliphatic rings. The van der Waals surface area contributed by atoms with Crippen molar-refractivity contribution in [1.82, 2.24) is 4.90 Å². The summed E-state index contributed by atoms with van der Waals surface area (Å²) in [5.74, 6) is 1.55. The first-order valence-corrected chi connectivity index (χ1v) is 8.87. The number of rotatable bonds is 7.